The fourth-order valence-corrected chi connectivity index (χ4v) is 4.97. The van der Waals surface area contributed by atoms with Gasteiger partial charge in [0, 0.05) is 43.9 Å². The highest BCUT2D eigenvalue weighted by Crippen LogP contribution is 2.29. The molecule has 2 fully saturated rings. The molecule has 1 aromatic heterocycles. The van der Waals surface area contributed by atoms with E-state index in [9.17, 15) is 0 Å². The van der Waals surface area contributed by atoms with Crippen LogP contribution in [-0.2, 0) is 0 Å². The van der Waals surface area contributed by atoms with Crippen LogP contribution in [0.2, 0.25) is 0 Å². The van der Waals surface area contributed by atoms with Crippen LogP contribution in [0, 0.1) is 0 Å². The summed E-state index contributed by atoms with van der Waals surface area (Å²) < 4.78 is 2.52. The van der Waals surface area contributed by atoms with Crippen LogP contribution >= 0.6 is 0 Å². The molecule has 0 amide bonds. The minimum absolute atomic E-state index is 0.512. The Kier molecular flexibility index (Phi) is 5.42. The summed E-state index contributed by atoms with van der Waals surface area (Å²) in [6, 6.07) is 12.0. The molecule has 1 aliphatic heterocycles. The second-order valence-corrected chi connectivity index (χ2v) is 7.91. The standard InChI is InChI=1S/C22H33N3/c1-2-8-22(25-14-13-19-9-6-7-12-21(19)25)24-17-15-23(16-18-24)20-10-4-3-5-11-20/h6-7,9,12-14,20,22H,2-5,8,10-11,15-18H2,1H3. The Bertz CT molecular complexity index is 663. The van der Waals surface area contributed by atoms with Gasteiger partial charge in [-0.2, -0.15) is 0 Å². The fraction of sp³-hybridized carbons (Fsp3) is 0.636. The molecule has 3 heteroatoms. The van der Waals surface area contributed by atoms with E-state index in [1.54, 1.807) is 0 Å². The lowest BCUT2D eigenvalue weighted by atomic mass is 9.94. The highest BCUT2D eigenvalue weighted by Gasteiger charge is 2.28. The SMILES string of the molecule is CCCC(N1CCN(C2CCCCC2)CC1)n1ccc2ccccc21. The van der Waals surface area contributed by atoms with Crippen molar-refractivity contribution in [1.82, 2.24) is 14.4 Å². The summed E-state index contributed by atoms with van der Waals surface area (Å²) >= 11 is 0. The molecule has 25 heavy (non-hydrogen) atoms. The number of piperazine rings is 1. The van der Waals surface area contributed by atoms with Gasteiger partial charge in [0.2, 0.25) is 0 Å². The van der Waals surface area contributed by atoms with Gasteiger partial charge in [-0.25, -0.2) is 0 Å². The molecule has 3 nitrogen and oxygen atoms in total. The third-order valence-electron chi connectivity index (χ3n) is 6.36. The van der Waals surface area contributed by atoms with Gasteiger partial charge >= 0.3 is 0 Å². The van der Waals surface area contributed by atoms with Crippen molar-refractivity contribution < 1.29 is 0 Å². The number of aromatic nitrogens is 1. The Morgan fingerprint density at radius 2 is 1.72 bits per heavy atom. The van der Waals surface area contributed by atoms with Crippen molar-refractivity contribution in [2.75, 3.05) is 26.2 Å². The minimum Gasteiger partial charge on any atom is -0.331 e. The first-order valence-electron chi connectivity index (χ1n) is 10.4. The maximum Gasteiger partial charge on any atom is 0.0865 e. The van der Waals surface area contributed by atoms with Gasteiger partial charge in [0.05, 0.1) is 6.17 Å². The Morgan fingerprint density at radius 3 is 2.48 bits per heavy atom. The van der Waals surface area contributed by atoms with Crippen LogP contribution in [0.3, 0.4) is 0 Å². The van der Waals surface area contributed by atoms with E-state index in [1.807, 2.05) is 0 Å². The fourth-order valence-electron chi connectivity index (χ4n) is 4.97. The third kappa shape index (κ3) is 3.63. The van der Waals surface area contributed by atoms with E-state index in [1.165, 1.54) is 82.0 Å². The van der Waals surface area contributed by atoms with Crippen molar-refractivity contribution in [2.45, 2.75) is 64.1 Å². The first-order valence-corrected chi connectivity index (χ1v) is 10.4. The highest BCUT2D eigenvalue weighted by atomic mass is 15.3. The first-order chi connectivity index (χ1) is 12.4. The van der Waals surface area contributed by atoms with E-state index < -0.39 is 0 Å². The largest absolute Gasteiger partial charge is 0.331 e. The normalized spacial score (nSPS) is 22.4. The summed E-state index contributed by atoms with van der Waals surface area (Å²) in [4.78, 5) is 5.52. The maximum atomic E-state index is 2.78. The topological polar surface area (TPSA) is 11.4 Å². The number of nitrogens with zero attached hydrogens (tertiary/aromatic N) is 3. The number of para-hydroxylation sites is 1. The number of hydrogen-bond acceptors (Lipinski definition) is 2. The summed E-state index contributed by atoms with van der Waals surface area (Å²) in [7, 11) is 0. The van der Waals surface area contributed by atoms with Crippen LogP contribution in [0.25, 0.3) is 10.9 Å². The monoisotopic (exact) mass is 339 g/mol. The molecule has 1 unspecified atom stereocenters. The summed E-state index contributed by atoms with van der Waals surface area (Å²) in [6.45, 7) is 7.26. The van der Waals surface area contributed by atoms with Crippen LogP contribution < -0.4 is 0 Å². The van der Waals surface area contributed by atoms with Crippen molar-refractivity contribution in [3.63, 3.8) is 0 Å². The average Bonchev–Trinajstić information content (AvgIpc) is 3.11. The van der Waals surface area contributed by atoms with Crippen molar-refractivity contribution >= 4 is 10.9 Å². The zero-order valence-electron chi connectivity index (χ0n) is 15.7. The lowest BCUT2D eigenvalue weighted by Crippen LogP contribution is -2.52. The van der Waals surface area contributed by atoms with Crippen LogP contribution in [0.1, 0.15) is 58.0 Å². The molecule has 2 aromatic rings. The zero-order chi connectivity index (χ0) is 17.1. The second kappa shape index (κ2) is 7.92. The van der Waals surface area contributed by atoms with E-state index in [0.29, 0.717) is 6.17 Å². The Hall–Kier alpha value is -1.32. The smallest absolute Gasteiger partial charge is 0.0865 e. The zero-order valence-corrected chi connectivity index (χ0v) is 15.7. The van der Waals surface area contributed by atoms with Crippen molar-refractivity contribution in [2.24, 2.45) is 0 Å². The molecule has 4 rings (SSSR count). The Morgan fingerprint density at radius 1 is 0.960 bits per heavy atom. The van der Waals surface area contributed by atoms with E-state index >= 15 is 0 Å². The second-order valence-electron chi connectivity index (χ2n) is 7.91. The van der Waals surface area contributed by atoms with Gasteiger partial charge < -0.3 is 4.57 Å². The molecule has 0 bridgehead atoms. The van der Waals surface area contributed by atoms with Crippen LogP contribution in [0.4, 0.5) is 0 Å². The molecule has 1 aliphatic carbocycles. The molecular weight excluding hydrogens is 306 g/mol. The molecule has 0 N–H and O–H groups in total. The van der Waals surface area contributed by atoms with E-state index in [-0.39, 0.29) is 0 Å². The van der Waals surface area contributed by atoms with Crippen LogP contribution in [0.5, 0.6) is 0 Å². The summed E-state index contributed by atoms with van der Waals surface area (Å²) in [5.74, 6) is 0. The maximum absolute atomic E-state index is 2.78. The van der Waals surface area contributed by atoms with Crippen molar-refractivity contribution in [3.8, 4) is 0 Å². The molecule has 2 heterocycles. The molecule has 2 aliphatic rings. The lowest BCUT2D eigenvalue weighted by Gasteiger charge is -2.43. The number of benzene rings is 1. The molecule has 1 saturated heterocycles. The molecule has 1 saturated carbocycles. The van der Waals surface area contributed by atoms with E-state index in [2.05, 4.69) is 57.8 Å². The lowest BCUT2D eigenvalue weighted by molar-refractivity contribution is 0.0335. The predicted octanol–water partition coefficient (Wildman–Crippen LogP) is 4.89. The predicted molar refractivity (Wildman–Crippen MR) is 106 cm³/mol. The molecule has 1 aromatic carbocycles. The van der Waals surface area contributed by atoms with Gasteiger partial charge in [-0.05, 0) is 36.8 Å². The summed E-state index contributed by atoms with van der Waals surface area (Å²) in [5, 5.41) is 1.37. The van der Waals surface area contributed by atoms with Crippen LogP contribution in [-0.4, -0.2) is 46.6 Å². The summed E-state index contributed by atoms with van der Waals surface area (Å²) in [6.07, 6.45) is 12.5. The molecular formula is C22H33N3. The van der Waals surface area contributed by atoms with Gasteiger partial charge in [0.15, 0.2) is 0 Å². The van der Waals surface area contributed by atoms with Crippen LogP contribution in [0.15, 0.2) is 36.5 Å². The van der Waals surface area contributed by atoms with Gasteiger partial charge in [-0.1, -0.05) is 50.8 Å². The molecule has 0 radical (unpaired) electrons. The number of rotatable bonds is 5. The molecule has 1 atom stereocenters. The van der Waals surface area contributed by atoms with Gasteiger partial charge in [-0.15, -0.1) is 0 Å². The Labute approximate surface area is 152 Å². The summed E-state index contributed by atoms with van der Waals surface area (Å²) in [5.41, 5.74) is 1.38. The van der Waals surface area contributed by atoms with E-state index in [4.69, 9.17) is 0 Å². The number of fused-ring (bicyclic) bond motifs is 1. The minimum atomic E-state index is 0.512. The quantitative estimate of drug-likeness (QED) is 0.768. The third-order valence-corrected chi connectivity index (χ3v) is 6.36. The molecule has 0 spiro atoms. The highest BCUT2D eigenvalue weighted by molar-refractivity contribution is 5.80. The van der Waals surface area contributed by atoms with Crippen molar-refractivity contribution in [3.05, 3.63) is 36.5 Å². The van der Waals surface area contributed by atoms with Gasteiger partial charge in [0.25, 0.3) is 0 Å². The average molecular weight is 340 g/mol. The number of hydrogen-bond donors (Lipinski definition) is 0. The van der Waals surface area contributed by atoms with Gasteiger partial charge in [-0.3, -0.25) is 9.80 Å². The van der Waals surface area contributed by atoms with E-state index in [0.717, 1.165) is 6.04 Å². The van der Waals surface area contributed by atoms with Gasteiger partial charge in [0.1, 0.15) is 0 Å². The first kappa shape index (κ1) is 17.1. The van der Waals surface area contributed by atoms with Crippen molar-refractivity contribution in [1.29, 1.82) is 0 Å². The molecule has 136 valence electrons. The Balaban J connectivity index is 1.47.